The molecule has 5 rings (SSSR count). The van der Waals surface area contributed by atoms with Crippen LogP contribution in [0.4, 0.5) is 4.39 Å². The Kier molecular flexibility index (Phi) is 5.23. The van der Waals surface area contributed by atoms with E-state index in [-0.39, 0.29) is 11.4 Å². The maximum absolute atomic E-state index is 13.8. The normalized spacial score (nSPS) is 13.8. The molecule has 0 saturated heterocycles. The van der Waals surface area contributed by atoms with Crippen molar-refractivity contribution >= 4 is 0 Å². The molecule has 3 aromatic heterocycles. The third-order valence-electron chi connectivity index (χ3n) is 6.30. The van der Waals surface area contributed by atoms with Crippen molar-refractivity contribution < 1.29 is 4.39 Å². The highest BCUT2D eigenvalue weighted by atomic mass is 19.1. The summed E-state index contributed by atoms with van der Waals surface area (Å²) in [5.74, 6) is -0.258. The molecule has 0 bridgehead atoms. The highest BCUT2D eigenvalue weighted by molar-refractivity contribution is 5.64. The van der Waals surface area contributed by atoms with E-state index < -0.39 is 0 Å². The minimum Gasteiger partial charge on any atom is -0.318 e. The van der Waals surface area contributed by atoms with Crippen LogP contribution in [-0.2, 0) is 26.6 Å². The molecule has 1 aliphatic heterocycles. The molecule has 0 aliphatic carbocycles. The largest absolute Gasteiger partial charge is 0.318 e. The van der Waals surface area contributed by atoms with Crippen molar-refractivity contribution in [3.05, 3.63) is 106 Å². The van der Waals surface area contributed by atoms with E-state index in [1.165, 1.54) is 11.8 Å². The fourth-order valence-electron chi connectivity index (χ4n) is 4.56. The van der Waals surface area contributed by atoms with E-state index in [9.17, 15) is 9.18 Å². The Labute approximate surface area is 186 Å². The lowest BCUT2D eigenvalue weighted by atomic mass is 9.98. The Morgan fingerprint density at radius 1 is 1.12 bits per heavy atom. The molecule has 0 fully saturated rings. The van der Waals surface area contributed by atoms with Crippen molar-refractivity contribution in [2.45, 2.75) is 26.4 Å². The molecule has 0 spiro atoms. The van der Waals surface area contributed by atoms with Crippen molar-refractivity contribution in [3.63, 3.8) is 0 Å². The maximum atomic E-state index is 13.8. The van der Waals surface area contributed by atoms with Gasteiger partial charge >= 0.3 is 0 Å². The number of aryl methyl sites for hydroxylation is 1. The number of hydrogen-bond acceptors (Lipinski definition) is 3. The molecule has 0 saturated carbocycles. The van der Waals surface area contributed by atoms with E-state index in [1.54, 1.807) is 29.8 Å². The standard InChI is InChI=1S/C26H25FN4O/c1-18-13-19(7-8-24(18)27)23-14-20-16-30(12-9-25(20)29(2)26(23)32)17-22-6-4-11-31(22)21-5-3-10-28-15-21/h3-8,10-11,13-15H,9,12,16-17H2,1-2H3. The smallest absolute Gasteiger partial charge is 0.258 e. The van der Waals surface area contributed by atoms with Gasteiger partial charge in [0, 0.05) is 62.4 Å². The van der Waals surface area contributed by atoms with Gasteiger partial charge in [-0.15, -0.1) is 0 Å². The summed E-state index contributed by atoms with van der Waals surface area (Å²) in [4.78, 5) is 19.7. The second-order valence-corrected chi connectivity index (χ2v) is 8.40. The van der Waals surface area contributed by atoms with Gasteiger partial charge < -0.3 is 9.13 Å². The zero-order valence-electron chi connectivity index (χ0n) is 18.3. The molecule has 0 atom stereocenters. The van der Waals surface area contributed by atoms with Crippen LogP contribution in [0.25, 0.3) is 16.8 Å². The number of nitrogens with zero attached hydrogens (tertiary/aromatic N) is 4. The highest BCUT2D eigenvalue weighted by Gasteiger charge is 2.22. The molecule has 162 valence electrons. The van der Waals surface area contributed by atoms with Crippen molar-refractivity contribution in [2.75, 3.05) is 6.54 Å². The van der Waals surface area contributed by atoms with Gasteiger partial charge in [0.05, 0.1) is 11.9 Å². The summed E-state index contributed by atoms with van der Waals surface area (Å²) in [6, 6.07) is 15.0. The first kappa shape index (κ1) is 20.4. The second-order valence-electron chi connectivity index (χ2n) is 8.40. The van der Waals surface area contributed by atoms with Crippen LogP contribution in [0.2, 0.25) is 0 Å². The zero-order chi connectivity index (χ0) is 22.2. The number of pyridine rings is 2. The number of fused-ring (bicyclic) bond motifs is 1. The SMILES string of the molecule is Cc1cc(-c2cc3c(n(C)c2=O)CCN(Cc2cccn2-c2cccnc2)C3)ccc1F. The Bertz CT molecular complexity index is 1340. The fourth-order valence-corrected chi connectivity index (χ4v) is 4.56. The molecule has 4 heterocycles. The van der Waals surface area contributed by atoms with Crippen LogP contribution in [0.5, 0.6) is 0 Å². The average molecular weight is 429 g/mol. The van der Waals surface area contributed by atoms with Crippen LogP contribution in [0.3, 0.4) is 0 Å². The lowest BCUT2D eigenvalue weighted by Crippen LogP contribution is -2.35. The maximum Gasteiger partial charge on any atom is 0.258 e. The third kappa shape index (κ3) is 3.67. The third-order valence-corrected chi connectivity index (χ3v) is 6.30. The van der Waals surface area contributed by atoms with Gasteiger partial charge in [0.15, 0.2) is 0 Å². The van der Waals surface area contributed by atoms with E-state index >= 15 is 0 Å². The average Bonchev–Trinajstić information content (AvgIpc) is 3.27. The van der Waals surface area contributed by atoms with Gasteiger partial charge in [0.2, 0.25) is 0 Å². The van der Waals surface area contributed by atoms with Gasteiger partial charge in [-0.1, -0.05) is 6.07 Å². The molecular weight excluding hydrogens is 403 g/mol. The van der Waals surface area contributed by atoms with Gasteiger partial charge in [-0.05, 0) is 66.1 Å². The van der Waals surface area contributed by atoms with Crippen LogP contribution in [0, 0.1) is 12.7 Å². The molecule has 5 nitrogen and oxygen atoms in total. The molecule has 4 aromatic rings. The number of hydrogen-bond donors (Lipinski definition) is 0. The number of halogens is 1. The van der Waals surface area contributed by atoms with E-state index in [0.29, 0.717) is 11.1 Å². The summed E-state index contributed by atoms with van der Waals surface area (Å²) in [5, 5.41) is 0. The Hall–Kier alpha value is -3.51. The Morgan fingerprint density at radius 2 is 2.00 bits per heavy atom. The summed E-state index contributed by atoms with van der Waals surface area (Å²) in [7, 11) is 1.84. The van der Waals surface area contributed by atoms with E-state index in [0.717, 1.165) is 48.6 Å². The Balaban J connectivity index is 1.45. The van der Waals surface area contributed by atoms with Crippen LogP contribution < -0.4 is 5.56 Å². The Morgan fingerprint density at radius 3 is 2.78 bits per heavy atom. The molecule has 0 amide bonds. The zero-order valence-corrected chi connectivity index (χ0v) is 18.3. The number of rotatable bonds is 4. The lowest BCUT2D eigenvalue weighted by Gasteiger charge is -2.30. The molecule has 32 heavy (non-hydrogen) atoms. The van der Waals surface area contributed by atoms with Gasteiger partial charge in [0.1, 0.15) is 5.82 Å². The van der Waals surface area contributed by atoms with Gasteiger partial charge in [-0.3, -0.25) is 14.7 Å². The second kappa shape index (κ2) is 8.20. The monoisotopic (exact) mass is 428 g/mol. The molecule has 6 heteroatoms. The molecular formula is C26H25FN4O. The van der Waals surface area contributed by atoms with Crippen LogP contribution >= 0.6 is 0 Å². The molecule has 0 unspecified atom stereocenters. The number of aromatic nitrogens is 3. The van der Waals surface area contributed by atoms with E-state index in [4.69, 9.17) is 0 Å². The van der Waals surface area contributed by atoms with E-state index in [2.05, 4.69) is 38.8 Å². The van der Waals surface area contributed by atoms with Crippen molar-refractivity contribution in [2.24, 2.45) is 7.05 Å². The van der Waals surface area contributed by atoms with Crippen molar-refractivity contribution in [1.82, 2.24) is 19.0 Å². The highest BCUT2D eigenvalue weighted by Crippen LogP contribution is 2.26. The lowest BCUT2D eigenvalue weighted by molar-refractivity contribution is 0.237. The van der Waals surface area contributed by atoms with Crippen LogP contribution in [0.1, 0.15) is 22.5 Å². The quantitative estimate of drug-likeness (QED) is 0.488. The molecule has 1 aliphatic rings. The summed E-state index contributed by atoms with van der Waals surface area (Å²) in [6.45, 7) is 4.17. The summed E-state index contributed by atoms with van der Waals surface area (Å²) < 4.78 is 17.7. The van der Waals surface area contributed by atoms with Crippen LogP contribution in [0.15, 0.2) is 71.9 Å². The van der Waals surface area contributed by atoms with Crippen molar-refractivity contribution in [1.29, 1.82) is 0 Å². The van der Waals surface area contributed by atoms with Gasteiger partial charge in [0.25, 0.3) is 5.56 Å². The van der Waals surface area contributed by atoms with Crippen LogP contribution in [-0.4, -0.2) is 25.6 Å². The number of benzene rings is 1. The minimum atomic E-state index is -0.258. The molecule has 0 N–H and O–H groups in total. The summed E-state index contributed by atoms with van der Waals surface area (Å²) >= 11 is 0. The molecule has 1 aromatic carbocycles. The van der Waals surface area contributed by atoms with Gasteiger partial charge in [-0.25, -0.2) is 4.39 Å². The first-order chi connectivity index (χ1) is 15.5. The summed E-state index contributed by atoms with van der Waals surface area (Å²) in [5.41, 5.74) is 6.35. The minimum absolute atomic E-state index is 0.0336. The topological polar surface area (TPSA) is 43.1 Å². The van der Waals surface area contributed by atoms with Crippen molar-refractivity contribution in [3.8, 4) is 16.8 Å². The fraction of sp³-hybridized carbons (Fsp3) is 0.231. The van der Waals surface area contributed by atoms with E-state index in [1.807, 2.05) is 25.4 Å². The molecule has 0 radical (unpaired) electrons. The first-order valence-corrected chi connectivity index (χ1v) is 10.8. The predicted octanol–water partition coefficient (Wildman–Crippen LogP) is 4.24. The van der Waals surface area contributed by atoms with Gasteiger partial charge in [-0.2, -0.15) is 0 Å². The first-order valence-electron chi connectivity index (χ1n) is 10.8. The predicted molar refractivity (Wildman–Crippen MR) is 123 cm³/mol. The summed E-state index contributed by atoms with van der Waals surface area (Å²) in [6.07, 6.45) is 6.51.